The monoisotopic (exact) mass is 482 g/mol. The molecular weight excluding hydrogens is 452 g/mol. The Bertz CT molecular complexity index is 1210. The molecule has 0 N–H and O–H groups in total. The fourth-order valence-corrected chi connectivity index (χ4v) is 4.42. The SMILES string of the molecule is CC1=NN(c2ccc(C)cc2)C(=O)/C1=C/N1CCN(/C=C2/C(=O)N(c3ccc(C)cc3)N=C2C)CC1. The van der Waals surface area contributed by atoms with Gasteiger partial charge in [0.05, 0.1) is 33.9 Å². The Morgan fingerprint density at radius 3 is 1.25 bits per heavy atom. The normalized spacial score (nSPS) is 20.7. The molecule has 2 amide bonds. The zero-order chi connectivity index (χ0) is 25.4. The first-order valence-electron chi connectivity index (χ1n) is 12.2. The fraction of sp³-hybridized carbons (Fsp3) is 0.286. The van der Waals surface area contributed by atoms with E-state index in [2.05, 4.69) is 20.0 Å². The summed E-state index contributed by atoms with van der Waals surface area (Å²) < 4.78 is 0. The highest BCUT2D eigenvalue weighted by Gasteiger charge is 2.31. The van der Waals surface area contributed by atoms with E-state index in [1.807, 2.05) is 88.6 Å². The number of hydrogen-bond acceptors (Lipinski definition) is 6. The average Bonchev–Trinajstić information content (AvgIpc) is 3.31. The van der Waals surface area contributed by atoms with Crippen LogP contribution in [-0.2, 0) is 9.59 Å². The van der Waals surface area contributed by atoms with Crippen LogP contribution in [0.15, 0.2) is 82.3 Å². The maximum Gasteiger partial charge on any atom is 0.282 e. The lowest BCUT2D eigenvalue weighted by molar-refractivity contribution is -0.115. The lowest BCUT2D eigenvalue weighted by Gasteiger charge is -2.34. The van der Waals surface area contributed by atoms with E-state index < -0.39 is 0 Å². The van der Waals surface area contributed by atoms with Gasteiger partial charge in [0, 0.05) is 38.6 Å². The standard InChI is InChI=1S/C28H30N6O2/c1-19-5-9-23(10-6-19)33-27(35)25(21(3)29-33)17-31-13-15-32(16-14-31)18-26-22(4)30-34(28(26)36)24-11-7-20(2)8-12-24/h5-12,17-18H,13-16H2,1-4H3/b25-17+,26-18+. The van der Waals surface area contributed by atoms with Crippen LogP contribution >= 0.6 is 0 Å². The van der Waals surface area contributed by atoms with Crippen molar-refractivity contribution in [2.75, 3.05) is 36.2 Å². The van der Waals surface area contributed by atoms with Gasteiger partial charge in [-0.15, -0.1) is 0 Å². The molecular formula is C28H30N6O2. The van der Waals surface area contributed by atoms with Gasteiger partial charge in [0.25, 0.3) is 11.8 Å². The predicted molar refractivity (Wildman–Crippen MR) is 143 cm³/mol. The number of anilines is 2. The van der Waals surface area contributed by atoms with Crippen LogP contribution < -0.4 is 10.0 Å². The largest absolute Gasteiger partial charge is 0.373 e. The first-order chi connectivity index (χ1) is 17.3. The van der Waals surface area contributed by atoms with Crippen molar-refractivity contribution in [1.29, 1.82) is 0 Å². The van der Waals surface area contributed by atoms with E-state index in [1.165, 1.54) is 10.0 Å². The first kappa shape index (κ1) is 23.5. The van der Waals surface area contributed by atoms with E-state index in [0.29, 0.717) is 22.6 Å². The zero-order valence-corrected chi connectivity index (χ0v) is 21.1. The zero-order valence-electron chi connectivity index (χ0n) is 21.1. The molecule has 1 fully saturated rings. The lowest BCUT2D eigenvalue weighted by Crippen LogP contribution is -2.42. The molecule has 0 aromatic heterocycles. The number of carbonyl (C=O) groups is 2. The smallest absolute Gasteiger partial charge is 0.282 e. The second-order valence-electron chi connectivity index (χ2n) is 9.43. The van der Waals surface area contributed by atoms with Crippen LogP contribution in [-0.4, -0.2) is 59.2 Å². The van der Waals surface area contributed by atoms with Crippen molar-refractivity contribution in [3.8, 4) is 0 Å². The third kappa shape index (κ3) is 4.54. The Morgan fingerprint density at radius 2 is 0.917 bits per heavy atom. The maximum absolute atomic E-state index is 13.0. The lowest BCUT2D eigenvalue weighted by atomic mass is 10.1. The fourth-order valence-electron chi connectivity index (χ4n) is 4.42. The molecule has 0 saturated carbocycles. The Morgan fingerprint density at radius 1 is 0.583 bits per heavy atom. The van der Waals surface area contributed by atoms with Crippen molar-refractivity contribution in [3.05, 3.63) is 83.2 Å². The highest BCUT2D eigenvalue weighted by molar-refractivity contribution is 6.30. The number of piperazine rings is 1. The van der Waals surface area contributed by atoms with Gasteiger partial charge >= 0.3 is 0 Å². The van der Waals surface area contributed by atoms with Crippen LogP contribution in [0.5, 0.6) is 0 Å². The van der Waals surface area contributed by atoms with Crippen molar-refractivity contribution in [2.45, 2.75) is 27.7 Å². The van der Waals surface area contributed by atoms with Crippen molar-refractivity contribution in [1.82, 2.24) is 9.80 Å². The summed E-state index contributed by atoms with van der Waals surface area (Å²) in [6.45, 7) is 10.7. The van der Waals surface area contributed by atoms with Crippen molar-refractivity contribution in [3.63, 3.8) is 0 Å². The number of aryl methyl sites for hydroxylation is 2. The summed E-state index contributed by atoms with van der Waals surface area (Å²) in [5.41, 5.74) is 6.46. The van der Waals surface area contributed by atoms with E-state index in [-0.39, 0.29) is 11.8 Å². The minimum absolute atomic E-state index is 0.111. The van der Waals surface area contributed by atoms with Crippen LogP contribution in [0.2, 0.25) is 0 Å². The Kier molecular flexibility index (Phi) is 6.18. The predicted octanol–water partition coefficient (Wildman–Crippen LogP) is 3.83. The molecule has 184 valence electrons. The molecule has 8 heteroatoms. The number of benzene rings is 2. The number of hydrazone groups is 2. The molecule has 3 aliphatic heterocycles. The maximum atomic E-state index is 13.0. The number of carbonyl (C=O) groups excluding carboxylic acids is 2. The molecule has 0 spiro atoms. The summed E-state index contributed by atoms with van der Waals surface area (Å²) >= 11 is 0. The van der Waals surface area contributed by atoms with E-state index in [9.17, 15) is 9.59 Å². The van der Waals surface area contributed by atoms with Gasteiger partial charge in [-0.1, -0.05) is 35.4 Å². The van der Waals surface area contributed by atoms with Crippen LogP contribution in [0.4, 0.5) is 11.4 Å². The summed E-state index contributed by atoms with van der Waals surface area (Å²) in [7, 11) is 0. The molecule has 36 heavy (non-hydrogen) atoms. The molecule has 0 aliphatic carbocycles. The van der Waals surface area contributed by atoms with Crippen LogP contribution in [0.1, 0.15) is 25.0 Å². The Hall–Kier alpha value is -4.20. The van der Waals surface area contributed by atoms with Gasteiger partial charge in [-0.3, -0.25) is 9.59 Å². The van der Waals surface area contributed by atoms with Crippen molar-refractivity contribution < 1.29 is 9.59 Å². The van der Waals surface area contributed by atoms with Gasteiger partial charge < -0.3 is 9.80 Å². The van der Waals surface area contributed by atoms with E-state index in [4.69, 9.17) is 0 Å². The number of hydrogen-bond donors (Lipinski definition) is 0. The molecule has 0 radical (unpaired) electrons. The van der Waals surface area contributed by atoms with E-state index in [0.717, 1.165) is 48.7 Å². The minimum atomic E-state index is -0.111. The molecule has 5 rings (SSSR count). The van der Waals surface area contributed by atoms with Crippen LogP contribution in [0, 0.1) is 13.8 Å². The molecule has 1 saturated heterocycles. The highest BCUT2D eigenvalue weighted by Crippen LogP contribution is 2.26. The van der Waals surface area contributed by atoms with Gasteiger partial charge in [-0.2, -0.15) is 20.2 Å². The van der Waals surface area contributed by atoms with Gasteiger partial charge in [0.15, 0.2) is 0 Å². The highest BCUT2D eigenvalue weighted by atomic mass is 16.2. The minimum Gasteiger partial charge on any atom is -0.373 e. The van der Waals surface area contributed by atoms with Gasteiger partial charge in [-0.25, -0.2) is 0 Å². The molecule has 0 unspecified atom stereocenters. The second-order valence-corrected chi connectivity index (χ2v) is 9.43. The average molecular weight is 483 g/mol. The number of nitrogens with zero attached hydrogens (tertiary/aromatic N) is 6. The summed E-state index contributed by atoms with van der Waals surface area (Å²) in [5, 5.41) is 11.9. The van der Waals surface area contributed by atoms with Gasteiger partial charge in [0.2, 0.25) is 0 Å². The van der Waals surface area contributed by atoms with Crippen LogP contribution in [0.25, 0.3) is 0 Å². The molecule has 0 atom stereocenters. The van der Waals surface area contributed by atoms with Gasteiger partial charge in [-0.05, 0) is 52.0 Å². The summed E-state index contributed by atoms with van der Waals surface area (Å²) in [5.74, 6) is -0.221. The van der Waals surface area contributed by atoms with Crippen LogP contribution in [0.3, 0.4) is 0 Å². The number of rotatable bonds is 4. The Labute approximate surface area is 211 Å². The van der Waals surface area contributed by atoms with E-state index in [1.54, 1.807) is 0 Å². The molecule has 2 aromatic carbocycles. The second kappa shape index (κ2) is 9.45. The van der Waals surface area contributed by atoms with Gasteiger partial charge in [0.1, 0.15) is 0 Å². The molecule has 2 aromatic rings. The van der Waals surface area contributed by atoms with Crippen molar-refractivity contribution >= 4 is 34.6 Å². The molecule has 3 aliphatic rings. The topological polar surface area (TPSA) is 71.8 Å². The molecule has 0 bridgehead atoms. The summed E-state index contributed by atoms with van der Waals surface area (Å²) in [4.78, 5) is 30.4. The quantitative estimate of drug-likeness (QED) is 0.621. The third-order valence-corrected chi connectivity index (χ3v) is 6.65. The summed E-state index contributed by atoms with van der Waals surface area (Å²) in [6.07, 6.45) is 3.85. The number of amides is 2. The first-order valence-corrected chi connectivity index (χ1v) is 12.2. The molecule has 8 nitrogen and oxygen atoms in total. The molecule has 3 heterocycles. The van der Waals surface area contributed by atoms with E-state index >= 15 is 0 Å². The third-order valence-electron chi connectivity index (χ3n) is 6.65. The van der Waals surface area contributed by atoms with Crippen molar-refractivity contribution in [2.24, 2.45) is 10.2 Å². The summed E-state index contributed by atoms with van der Waals surface area (Å²) in [6, 6.07) is 15.6. The Balaban J connectivity index is 1.23.